The number of aryl methyl sites for hydroxylation is 1. The highest BCUT2D eigenvalue weighted by atomic mass is 16.6. The first-order chi connectivity index (χ1) is 10.0. The monoisotopic (exact) mass is 281 g/mol. The third-order valence-corrected chi connectivity index (χ3v) is 3.36. The van der Waals surface area contributed by atoms with Crippen LogP contribution in [-0.4, -0.2) is 4.92 Å². The van der Waals surface area contributed by atoms with Gasteiger partial charge in [-0.3, -0.25) is 10.1 Å². The summed E-state index contributed by atoms with van der Waals surface area (Å²) in [6.07, 6.45) is 0. The molecule has 0 amide bonds. The van der Waals surface area contributed by atoms with E-state index in [1.165, 1.54) is 6.07 Å². The van der Waals surface area contributed by atoms with Gasteiger partial charge in [0.2, 0.25) is 0 Å². The zero-order valence-electron chi connectivity index (χ0n) is 11.8. The molecule has 0 bridgehead atoms. The summed E-state index contributed by atoms with van der Waals surface area (Å²) in [6.45, 7) is 3.70. The molecule has 0 aliphatic heterocycles. The molecular formula is C16H15N3O2. The molecule has 2 rings (SSSR count). The Hall–Kier alpha value is -2.87. The van der Waals surface area contributed by atoms with Gasteiger partial charge in [0.1, 0.15) is 6.07 Å². The van der Waals surface area contributed by atoms with Crippen molar-refractivity contribution in [2.45, 2.75) is 19.9 Å². The van der Waals surface area contributed by atoms with Gasteiger partial charge in [0.05, 0.1) is 27.8 Å². The Bertz CT molecular complexity index is 720. The summed E-state index contributed by atoms with van der Waals surface area (Å²) in [5.41, 5.74) is 2.78. The maximum absolute atomic E-state index is 11.1. The van der Waals surface area contributed by atoms with Crippen molar-refractivity contribution < 1.29 is 4.92 Å². The smallest absolute Gasteiger partial charge is 0.274 e. The van der Waals surface area contributed by atoms with E-state index < -0.39 is 4.92 Å². The second-order valence-electron chi connectivity index (χ2n) is 4.79. The summed E-state index contributed by atoms with van der Waals surface area (Å²) in [7, 11) is 0. The van der Waals surface area contributed by atoms with E-state index in [9.17, 15) is 15.4 Å². The van der Waals surface area contributed by atoms with E-state index in [4.69, 9.17) is 0 Å². The fourth-order valence-corrected chi connectivity index (χ4v) is 2.27. The number of nitrogens with one attached hydrogen (secondary N) is 1. The maximum Gasteiger partial charge on any atom is 0.274 e. The van der Waals surface area contributed by atoms with Gasteiger partial charge in [-0.05, 0) is 25.5 Å². The molecule has 0 heterocycles. The van der Waals surface area contributed by atoms with Crippen LogP contribution in [-0.2, 0) is 0 Å². The Balaban J connectivity index is 2.36. The molecule has 1 unspecified atom stereocenters. The van der Waals surface area contributed by atoms with E-state index in [1.807, 2.05) is 26.0 Å². The lowest BCUT2D eigenvalue weighted by atomic mass is 10.0. The number of anilines is 1. The molecule has 0 aliphatic rings. The molecule has 2 aromatic rings. The zero-order valence-corrected chi connectivity index (χ0v) is 11.8. The van der Waals surface area contributed by atoms with Gasteiger partial charge in [0, 0.05) is 6.07 Å². The highest BCUT2D eigenvalue weighted by Gasteiger charge is 2.18. The second kappa shape index (κ2) is 6.06. The Morgan fingerprint density at radius 2 is 1.95 bits per heavy atom. The van der Waals surface area contributed by atoms with Gasteiger partial charge in [-0.15, -0.1) is 0 Å². The minimum atomic E-state index is -0.394. The van der Waals surface area contributed by atoms with Crippen LogP contribution in [0.3, 0.4) is 0 Å². The zero-order chi connectivity index (χ0) is 15.4. The quantitative estimate of drug-likeness (QED) is 0.679. The van der Waals surface area contributed by atoms with Crippen molar-refractivity contribution in [2.24, 2.45) is 0 Å². The average Bonchev–Trinajstić information content (AvgIpc) is 2.47. The average molecular weight is 281 g/mol. The van der Waals surface area contributed by atoms with Crippen molar-refractivity contribution in [3.05, 3.63) is 69.3 Å². The summed E-state index contributed by atoms with van der Waals surface area (Å²) in [4.78, 5) is 10.7. The molecule has 2 aromatic carbocycles. The molecule has 1 atom stereocenters. The van der Waals surface area contributed by atoms with Crippen LogP contribution in [0.1, 0.15) is 29.7 Å². The highest BCUT2D eigenvalue weighted by Crippen LogP contribution is 2.29. The topological polar surface area (TPSA) is 79.0 Å². The van der Waals surface area contributed by atoms with E-state index >= 15 is 0 Å². The van der Waals surface area contributed by atoms with Gasteiger partial charge < -0.3 is 5.32 Å². The van der Waals surface area contributed by atoms with E-state index in [0.29, 0.717) is 16.8 Å². The summed E-state index contributed by atoms with van der Waals surface area (Å²) in [5.74, 6) is 0. The maximum atomic E-state index is 11.1. The highest BCUT2D eigenvalue weighted by molar-refractivity contribution is 5.62. The molecular weight excluding hydrogens is 266 g/mol. The van der Waals surface area contributed by atoms with E-state index in [-0.39, 0.29) is 11.7 Å². The molecule has 0 radical (unpaired) electrons. The van der Waals surface area contributed by atoms with E-state index in [2.05, 4.69) is 11.4 Å². The third-order valence-electron chi connectivity index (χ3n) is 3.36. The first kappa shape index (κ1) is 14.5. The molecule has 0 saturated heterocycles. The van der Waals surface area contributed by atoms with Crippen molar-refractivity contribution in [1.82, 2.24) is 0 Å². The normalized spacial score (nSPS) is 11.5. The molecule has 106 valence electrons. The number of nitro groups is 1. The number of nitriles is 1. The first-order valence-electron chi connectivity index (χ1n) is 6.54. The minimum absolute atomic E-state index is 0.0728. The van der Waals surface area contributed by atoms with Gasteiger partial charge in [-0.2, -0.15) is 5.26 Å². The Labute approximate surface area is 123 Å². The van der Waals surface area contributed by atoms with Crippen LogP contribution in [0.5, 0.6) is 0 Å². The molecule has 5 heteroatoms. The number of benzene rings is 2. The fraction of sp³-hybridized carbons (Fsp3) is 0.188. The van der Waals surface area contributed by atoms with Crippen molar-refractivity contribution in [3.8, 4) is 6.07 Å². The van der Waals surface area contributed by atoms with Gasteiger partial charge in [0.15, 0.2) is 0 Å². The Morgan fingerprint density at radius 1 is 1.24 bits per heavy atom. The summed E-state index contributed by atoms with van der Waals surface area (Å²) in [5, 5.41) is 23.5. The SMILES string of the molecule is Cc1cccc(NC(C)c2ccccc2[N+](=O)[O-])c1C#N. The lowest BCUT2D eigenvalue weighted by Gasteiger charge is -2.17. The predicted molar refractivity (Wildman–Crippen MR) is 81.0 cm³/mol. The van der Waals surface area contributed by atoms with Crippen molar-refractivity contribution in [2.75, 3.05) is 5.32 Å². The van der Waals surface area contributed by atoms with Gasteiger partial charge in [-0.1, -0.05) is 30.3 Å². The van der Waals surface area contributed by atoms with Crippen molar-refractivity contribution >= 4 is 11.4 Å². The number of nitrogens with zero attached hydrogens (tertiary/aromatic N) is 2. The Kier molecular flexibility index (Phi) is 4.19. The standard InChI is InChI=1S/C16H15N3O2/c1-11-6-5-8-15(14(11)10-17)18-12(2)13-7-3-4-9-16(13)19(20)21/h3-9,12,18H,1-2H3. The van der Waals surface area contributed by atoms with Crippen LogP contribution in [0.2, 0.25) is 0 Å². The number of nitro benzene ring substituents is 1. The number of hydrogen-bond donors (Lipinski definition) is 1. The lowest BCUT2D eigenvalue weighted by molar-refractivity contribution is -0.385. The second-order valence-corrected chi connectivity index (χ2v) is 4.79. The number of rotatable bonds is 4. The molecule has 0 aromatic heterocycles. The van der Waals surface area contributed by atoms with Crippen LogP contribution in [0.4, 0.5) is 11.4 Å². The molecule has 1 N–H and O–H groups in total. The third kappa shape index (κ3) is 3.00. The van der Waals surface area contributed by atoms with Gasteiger partial charge in [-0.25, -0.2) is 0 Å². The van der Waals surface area contributed by atoms with Crippen LogP contribution in [0.15, 0.2) is 42.5 Å². The largest absolute Gasteiger partial charge is 0.377 e. The number of para-hydroxylation sites is 1. The van der Waals surface area contributed by atoms with E-state index in [0.717, 1.165) is 5.56 Å². The molecule has 0 spiro atoms. The van der Waals surface area contributed by atoms with Crippen LogP contribution >= 0.6 is 0 Å². The fourth-order valence-electron chi connectivity index (χ4n) is 2.27. The van der Waals surface area contributed by atoms with E-state index in [1.54, 1.807) is 24.3 Å². The predicted octanol–water partition coefficient (Wildman–Crippen LogP) is 3.95. The van der Waals surface area contributed by atoms with Crippen molar-refractivity contribution in [1.29, 1.82) is 5.26 Å². The summed E-state index contributed by atoms with van der Waals surface area (Å²) < 4.78 is 0. The van der Waals surface area contributed by atoms with Gasteiger partial charge in [0.25, 0.3) is 5.69 Å². The molecule has 21 heavy (non-hydrogen) atoms. The molecule has 0 saturated carbocycles. The Morgan fingerprint density at radius 3 is 2.62 bits per heavy atom. The lowest BCUT2D eigenvalue weighted by Crippen LogP contribution is -2.10. The first-order valence-corrected chi connectivity index (χ1v) is 6.54. The van der Waals surface area contributed by atoms with Crippen LogP contribution in [0, 0.1) is 28.4 Å². The summed E-state index contributed by atoms with van der Waals surface area (Å²) >= 11 is 0. The number of hydrogen-bond acceptors (Lipinski definition) is 4. The van der Waals surface area contributed by atoms with Gasteiger partial charge >= 0.3 is 0 Å². The summed E-state index contributed by atoms with van der Waals surface area (Å²) in [6, 6.07) is 14.0. The van der Waals surface area contributed by atoms with Crippen LogP contribution in [0.25, 0.3) is 0 Å². The molecule has 0 aliphatic carbocycles. The molecule has 5 nitrogen and oxygen atoms in total. The van der Waals surface area contributed by atoms with Crippen molar-refractivity contribution in [3.63, 3.8) is 0 Å². The molecule has 0 fully saturated rings. The minimum Gasteiger partial charge on any atom is -0.377 e. The van der Waals surface area contributed by atoms with Crippen LogP contribution < -0.4 is 5.32 Å².